The Morgan fingerprint density at radius 2 is 1.80 bits per heavy atom. The fourth-order valence-electron chi connectivity index (χ4n) is 2.26. The number of benzene rings is 2. The van der Waals surface area contributed by atoms with Crippen molar-refractivity contribution >= 4 is 29.1 Å². The van der Waals surface area contributed by atoms with E-state index < -0.39 is 0 Å². The molecule has 2 aromatic carbocycles. The average Bonchev–Trinajstić information content (AvgIpc) is 2.63. The molecule has 0 aliphatic heterocycles. The normalized spacial score (nSPS) is 10.5. The van der Waals surface area contributed by atoms with Gasteiger partial charge in [0, 0.05) is 23.2 Å². The van der Waals surface area contributed by atoms with Gasteiger partial charge < -0.3 is 20.8 Å². The van der Waals surface area contributed by atoms with Crippen LogP contribution >= 0.6 is 11.6 Å². The largest absolute Gasteiger partial charge is 0.506 e. The van der Waals surface area contributed by atoms with Crippen LogP contribution in [-0.2, 0) is 0 Å². The summed E-state index contributed by atoms with van der Waals surface area (Å²) >= 11 is 5.99. The predicted octanol–water partition coefficient (Wildman–Crippen LogP) is 3.65. The quantitative estimate of drug-likeness (QED) is 0.504. The molecule has 1 aromatic heterocycles. The van der Waals surface area contributed by atoms with Crippen molar-refractivity contribution in [1.82, 2.24) is 9.97 Å². The summed E-state index contributed by atoms with van der Waals surface area (Å²) in [6, 6.07) is 16.2. The van der Waals surface area contributed by atoms with Crippen molar-refractivity contribution in [1.29, 1.82) is 0 Å². The second-order valence-electron chi connectivity index (χ2n) is 5.26. The lowest BCUT2D eigenvalue weighted by atomic mass is 10.1. The fourth-order valence-corrected chi connectivity index (χ4v) is 2.43. The number of phenols is 1. The van der Waals surface area contributed by atoms with Gasteiger partial charge in [0.25, 0.3) is 0 Å². The first-order valence-electron chi connectivity index (χ1n) is 7.70. The molecule has 0 atom stereocenters. The Morgan fingerprint density at radius 3 is 2.56 bits per heavy atom. The molecule has 6 nitrogen and oxygen atoms in total. The summed E-state index contributed by atoms with van der Waals surface area (Å²) < 4.78 is 0. The third kappa shape index (κ3) is 4.37. The van der Waals surface area contributed by atoms with Gasteiger partial charge in [-0.25, -0.2) is 4.98 Å². The molecular formula is C18H17ClN4O2. The van der Waals surface area contributed by atoms with E-state index in [1.54, 1.807) is 18.2 Å². The number of hydrogen-bond donors (Lipinski definition) is 4. The predicted molar refractivity (Wildman–Crippen MR) is 99.4 cm³/mol. The van der Waals surface area contributed by atoms with Gasteiger partial charge in [-0.2, -0.15) is 4.98 Å². The molecule has 0 bridgehead atoms. The molecule has 0 radical (unpaired) electrons. The van der Waals surface area contributed by atoms with Crippen LogP contribution in [0.4, 0.5) is 17.5 Å². The molecule has 0 amide bonds. The lowest BCUT2D eigenvalue weighted by Crippen LogP contribution is -2.10. The lowest BCUT2D eigenvalue weighted by Gasteiger charge is -2.12. The van der Waals surface area contributed by atoms with Crippen molar-refractivity contribution in [2.45, 2.75) is 0 Å². The van der Waals surface area contributed by atoms with E-state index in [1.165, 1.54) is 6.07 Å². The highest BCUT2D eigenvalue weighted by atomic mass is 35.5. The third-order valence-corrected chi connectivity index (χ3v) is 3.65. The van der Waals surface area contributed by atoms with Crippen LogP contribution in [-0.4, -0.2) is 33.3 Å². The van der Waals surface area contributed by atoms with Crippen LogP contribution in [0.1, 0.15) is 0 Å². The lowest BCUT2D eigenvalue weighted by molar-refractivity contribution is 0.311. The van der Waals surface area contributed by atoms with Crippen LogP contribution in [0.15, 0.2) is 54.6 Å². The monoisotopic (exact) mass is 356 g/mol. The number of halogens is 1. The molecule has 3 rings (SSSR count). The van der Waals surface area contributed by atoms with Gasteiger partial charge in [0.15, 0.2) is 0 Å². The van der Waals surface area contributed by atoms with E-state index in [1.807, 2.05) is 30.3 Å². The van der Waals surface area contributed by atoms with Gasteiger partial charge in [-0.3, -0.25) is 0 Å². The highest BCUT2D eigenvalue weighted by Crippen LogP contribution is 2.30. The molecule has 0 spiro atoms. The molecule has 4 N–H and O–H groups in total. The molecule has 128 valence electrons. The number of aliphatic hydroxyl groups is 1. The number of rotatable bonds is 6. The zero-order valence-corrected chi connectivity index (χ0v) is 14.0. The van der Waals surface area contributed by atoms with Gasteiger partial charge >= 0.3 is 0 Å². The maximum absolute atomic E-state index is 9.98. The second kappa shape index (κ2) is 7.83. The molecule has 0 saturated carbocycles. The Bertz CT molecular complexity index is 859. The highest BCUT2D eigenvalue weighted by molar-refractivity contribution is 6.30. The summed E-state index contributed by atoms with van der Waals surface area (Å²) in [5, 5.41) is 25.5. The number of aromatic hydroxyl groups is 1. The van der Waals surface area contributed by atoms with E-state index in [0.717, 1.165) is 5.56 Å². The van der Waals surface area contributed by atoms with Crippen molar-refractivity contribution < 1.29 is 10.2 Å². The first-order chi connectivity index (χ1) is 12.2. The van der Waals surface area contributed by atoms with Crippen LogP contribution in [0, 0.1) is 0 Å². The minimum absolute atomic E-state index is 0.0310. The molecule has 0 fully saturated rings. The van der Waals surface area contributed by atoms with Crippen LogP contribution < -0.4 is 10.6 Å². The summed E-state index contributed by atoms with van der Waals surface area (Å²) in [6.07, 6.45) is 0. The van der Waals surface area contributed by atoms with Crippen LogP contribution in [0.3, 0.4) is 0 Å². The minimum atomic E-state index is -0.0310. The molecular weight excluding hydrogens is 340 g/mol. The Balaban J connectivity index is 1.98. The van der Waals surface area contributed by atoms with E-state index in [9.17, 15) is 5.11 Å². The van der Waals surface area contributed by atoms with Gasteiger partial charge in [0.05, 0.1) is 18.0 Å². The standard InChI is InChI=1S/C18H17ClN4O2/c19-13-6-7-16(25)15(10-13)21-17-11-14(12-4-2-1-3-5-12)22-18(23-17)20-8-9-24/h1-7,10-11,24-25H,8-9H2,(H2,20,21,22,23). The average molecular weight is 357 g/mol. The summed E-state index contributed by atoms with van der Waals surface area (Å²) in [5.41, 5.74) is 2.08. The number of aromatic nitrogens is 2. The fraction of sp³-hybridized carbons (Fsp3) is 0.111. The van der Waals surface area contributed by atoms with Crippen molar-refractivity contribution in [3.05, 3.63) is 59.6 Å². The minimum Gasteiger partial charge on any atom is -0.506 e. The van der Waals surface area contributed by atoms with Gasteiger partial charge in [0.1, 0.15) is 11.6 Å². The summed E-state index contributed by atoms with van der Waals surface area (Å²) in [5.74, 6) is 0.931. The molecule has 3 aromatic rings. The smallest absolute Gasteiger partial charge is 0.225 e. The molecule has 0 aliphatic carbocycles. The Kier molecular flexibility index (Phi) is 5.33. The number of phenolic OH excluding ortho intramolecular Hbond substituents is 1. The SMILES string of the molecule is OCCNc1nc(Nc2cc(Cl)ccc2O)cc(-c2ccccc2)n1. The topological polar surface area (TPSA) is 90.3 Å². The maximum atomic E-state index is 9.98. The maximum Gasteiger partial charge on any atom is 0.225 e. The van der Waals surface area contributed by atoms with E-state index in [0.29, 0.717) is 34.7 Å². The van der Waals surface area contributed by atoms with Crippen LogP contribution in [0.2, 0.25) is 5.02 Å². The highest BCUT2D eigenvalue weighted by Gasteiger charge is 2.09. The Labute approximate surface area is 150 Å². The number of nitrogens with one attached hydrogen (secondary N) is 2. The number of aliphatic hydroxyl groups excluding tert-OH is 1. The van der Waals surface area contributed by atoms with Gasteiger partial charge in [-0.15, -0.1) is 0 Å². The van der Waals surface area contributed by atoms with E-state index in [-0.39, 0.29) is 12.4 Å². The summed E-state index contributed by atoms with van der Waals surface area (Å²) in [4.78, 5) is 8.82. The van der Waals surface area contributed by atoms with Gasteiger partial charge in [-0.1, -0.05) is 41.9 Å². The molecule has 0 aliphatic rings. The van der Waals surface area contributed by atoms with Gasteiger partial charge in [-0.05, 0) is 18.2 Å². The van der Waals surface area contributed by atoms with Crippen LogP contribution in [0.5, 0.6) is 5.75 Å². The molecule has 0 saturated heterocycles. The molecule has 1 heterocycles. The first kappa shape index (κ1) is 17.0. The van der Waals surface area contributed by atoms with Crippen molar-refractivity contribution in [2.75, 3.05) is 23.8 Å². The Morgan fingerprint density at radius 1 is 1.00 bits per heavy atom. The third-order valence-electron chi connectivity index (χ3n) is 3.41. The van der Waals surface area contributed by atoms with E-state index >= 15 is 0 Å². The molecule has 25 heavy (non-hydrogen) atoms. The molecule has 7 heteroatoms. The molecule has 0 unspecified atom stereocenters. The Hall–Kier alpha value is -2.83. The van der Waals surface area contributed by atoms with Crippen LogP contribution in [0.25, 0.3) is 11.3 Å². The summed E-state index contributed by atoms with van der Waals surface area (Å²) in [7, 11) is 0. The van der Waals surface area contributed by atoms with E-state index in [2.05, 4.69) is 20.6 Å². The zero-order valence-electron chi connectivity index (χ0n) is 13.3. The zero-order chi connectivity index (χ0) is 17.6. The number of anilines is 3. The first-order valence-corrected chi connectivity index (χ1v) is 8.08. The number of nitrogens with zero attached hydrogens (tertiary/aromatic N) is 2. The van der Waals surface area contributed by atoms with Crippen molar-refractivity contribution in [3.63, 3.8) is 0 Å². The van der Waals surface area contributed by atoms with Gasteiger partial charge in [0.2, 0.25) is 5.95 Å². The second-order valence-corrected chi connectivity index (χ2v) is 5.70. The summed E-state index contributed by atoms with van der Waals surface area (Å²) in [6.45, 7) is 0.302. The van der Waals surface area contributed by atoms with E-state index in [4.69, 9.17) is 16.7 Å². The van der Waals surface area contributed by atoms with Crippen molar-refractivity contribution in [2.24, 2.45) is 0 Å². The number of hydrogen-bond acceptors (Lipinski definition) is 6. The van der Waals surface area contributed by atoms with Crippen molar-refractivity contribution in [3.8, 4) is 17.0 Å².